The number of aromatic nitrogens is 3. The van der Waals surface area contributed by atoms with E-state index in [1.165, 1.54) is 17.2 Å². The number of nitrogens with one attached hydrogen (secondary N) is 1. The summed E-state index contributed by atoms with van der Waals surface area (Å²) in [5.74, 6) is 0. The highest BCUT2D eigenvalue weighted by Crippen LogP contribution is 2.48. The maximum absolute atomic E-state index is 14.1. The van der Waals surface area contributed by atoms with E-state index in [0.29, 0.717) is 28.1 Å². The van der Waals surface area contributed by atoms with Gasteiger partial charge in [-0.25, -0.2) is 0 Å². The molecule has 12 rings (SSSR count). The Morgan fingerprint density at radius 1 is 0.533 bits per heavy atom. The van der Waals surface area contributed by atoms with Gasteiger partial charge in [-0.15, -0.1) is 0 Å². The highest BCUT2D eigenvalue weighted by Gasteiger charge is 2.32. The molecule has 1 aliphatic carbocycles. The lowest BCUT2D eigenvalue weighted by Crippen LogP contribution is -2.07. The van der Waals surface area contributed by atoms with E-state index in [9.17, 15) is 23.7 Å². The van der Waals surface area contributed by atoms with Crippen LogP contribution in [0, 0.1) is 22.7 Å². The fourth-order valence-corrected chi connectivity index (χ4v) is 9.86. The van der Waals surface area contributed by atoms with Crippen molar-refractivity contribution in [2.75, 3.05) is 0 Å². The summed E-state index contributed by atoms with van der Waals surface area (Å²) in [6.07, 6.45) is -3.88. The summed E-state index contributed by atoms with van der Waals surface area (Å²) in [7, 11) is 0. The van der Waals surface area contributed by atoms with Crippen LogP contribution >= 0.6 is 0 Å². The van der Waals surface area contributed by atoms with Crippen molar-refractivity contribution in [2.24, 2.45) is 0 Å². The minimum Gasteiger partial charge on any atom is -0.354 e. The molecule has 3 heterocycles. The number of hydrogen-bond acceptors (Lipinski definition) is 2. The molecule has 0 atom stereocenters. The fourth-order valence-electron chi connectivity index (χ4n) is 9.86. The molecule has 8 heteroatoms. The Morgan fingerprint density at radius 2 is 1.17 bits per heavy atom. The first-order valence-electron chi connectivity index (χ1n) is 19.6. The van der Waals surface area contributed by atoms with Gasteiger partial charge >= 0.3 is 6.18 Å². The van der Waals surface area contributed by atoms with E-state index in [1.54, 1.807) is 0 Å². The van der Waals surface area contributed by atoms with Crippen molar-refractivity contribution in [1.82, 2.24) is 14.1 Å². The topological polar surface area (TPSA) is 73.2 Å². The Balaban J connectivity index is 1.29. The number of aromatic amines is 1. The molecule has 0 saturated heterocycles. The minimum absolute atomic E-state index is 0.121. The number of benzene rings is 8. The third-order valence-corrected chi connectivity index (χ3v) is 12.4. The average molecular weight is 780 g/mol. The van der Waals surface area contributed by atoms with Crippen molar-refractivity contribution in [1.29, 1.82) is 10.5 Å². The van der Waals surface area contributed by atoms with E-state index in [0.717, 1.165) is 95.1 Å². The molecule has 1 N–H and O–H groups in total. The summed E-state index contributed by atoms with van der Waals surface area (Å²) in [4.78, 5) is 3.59. The van der Waals surface area contributed by atoms with Crippen molar-refractivity contribution in [3.8, 4) is 45.8 Å². The standard InChI is InChI=1S/C52H28F3N5/c53-52(54,55)33-18-20-34(32(24-33)27-56)31-25-46(59-44-15-7-4-11-36(44)38-19-17-30-23-29-9-1-2-10-35(29)48(30)50(38)59)41(28-57)47(26-31)60-45-16-8-5-12-37(45)39-21-22-43-49(51(39)60)40-13-3-6-14-42(40)58-43/h1-22,24-26,58H,23H2. The van der Waals surface area contributed by atoms with Gasteiger partial charge in [-0.05, 0) is 82.8 Å². The van der Waals surface area contributed by atoms with Crippen molar-refractivity contribution < 1.29 is 13.2 Å². The van der Waals surface area contributed by atoms with Gasteiger partial charge in [0.2, 0.25) is 0 Å². The zero-order chi connectivity index (χ0) is 40.4. The van der Waals surface area contributed by atoms with Gasteiger partial charge in [0.25, 0.3) is 0 Å². The molecule has 282 valence electrons. The van der Waals surface area contributed by atoms with Crippen LogP contribution in [0.1, 0.15) is 27.8 Å². The lowest BCUT2D eigenvalue weighted by molar-refractivity contribution is -0.137. The molecule has 0 radical (unpaired) electrons. The molecule has 5 nitrogen and oxygen atoms in total. The van der Waals surface area contributed by atoms with Crippen LogP contribution < -0.4 is 0 Å². The SMILES string of the molecule is N#Cc1cc(C(F)(F)F)ccc1-c1cc(-n2c3ccccc3c3ccc4c(c32)-c2ccccc2C4)c(C#N)c(-n2c3ccccc3c3ccc4[nH]c5ccccc5c4c32)c1. The lowest BCUT2D eigenvalue weighted by Gasteiger charge is -2.20. The molecule has 0 aliphatic heterocycles. The minimum atomic E-state index is -4.64. The van der Waals surface area contributed by atoms with Gasteiger partial charge in [-0.3, -0.25) is 0 Å². The largest absolute Gasteiger partial charge is 0.416 e. The number of H-pyrrole nitrogens is 1. The van der Waals surface area contributed by atoms with E-state index in [4.69, 9.17) is 0 Å². The van der Waals surface area contributed by atoms with Crippen LogP contribution in [0.2, 0.25) is 0 Å². The first-order valence-corrected chi connectivity index (χ1v) is 19.6. The van der Waals surface area contributed by atoms with Crippen molar-refractivity contribution >= 4 is 65.4 Å². The number of nitrogens with zero attached hydrogens (tertiary/aromatic N) is 4. The number of fused-ring (bicyclic) bond motifs is 14. The highest BCUT2D eigenvalue weighted by molar-refractivity contribution is 6.25. The third kappa shape index (κ3) is 4.62. The van der Waals surface area contributed by atoms with E-state index in [1.807, 2.05) is 78.9 Å². The Bertz CT molecular complexity index is 3770. The van der Waals surface area contributed by atoms with Gasteiger partial charge in [0, 0.05) is 48.9 Å². The van der Waals surface area contributed by atoms with Crippen LogP contribution in [0.3, 0.4) is 0 Å². The first kappa shape index (κ1) is 34.0. The maximum atomic E-state index is 14.1. The molecule has 0 fully saturated rings. The zero-order valence-corrected chi connectivity index (χ0v) is 31.6. The predicted octanol–water partition coefficient (Wildman–Crippen LogP) is 13.5. The third-order valence-electron chi connectivity index (χ3n) is 12.4. The highest BCUT2D eigenvalue weighted by atomic mass is 19.4. The zero-order valence-electron chi connectivity index (χ0n) is 31.6. The van der Waals surface area contributed by atoms with Crippen molar-refractivity contribution in [2.45, 2.75) is 12.6 Å². The van der Waals surface area contributed by atoms with E-state index in [-0.39, 0.29) is 5.56 Å². The van der Waals surface area contributed by atoms with Crippen LogP contribution in [0.15, 0.2) is 152 Å². The monoisotopic (exact) mass is 779 g/mol. The van der Waals surface area contributed by atoms with Gasteiger partial charge in [0.15, 0.2) is 0 Å². The second-order valence-corrected chi connectivity index (χ2v) is 15.5. The molecule has 0 bridgehead atoms. The van der Waals surface area contributed by atoms with E-state index < -0.39 is 11.7 Å². The maximum Gasteiger partial charge on any atom is 0.416 e. The number of para-hydroxylation sites is 3. The van der Waals surface area contributed by atoms with Crippen LogP contribution in [0.4, 0.5) is 13.2 Å². The van der Waals surface area contributed by atoms with E-state index >= 15 is 0 Å². The van der Waals surface area contributed by atoms with Crippen molar-refractivity contribution in [3.05, 3.63) is 179 Å². The Labute approximate surface area is 340 Å². The molecule has 8 aromatic carbocycles. The average Bonchev–Trinajstić information content (AvgIpc) is 4.02. The molecule has 60 heavy (non-hydrogen) atoms. The van der Waals surface area contributed by atoms with Crippen LogP contribution in [-0.2, 0) is 12.6 Å². The van der Waals surface area contributed by atoms with Crippen LogP contribution in [0.5, 0.6) is 0 Å². The normalized spacial score (nSPS) is 12.5. The number of hydrogen-bond donors (Lipinski definition) is 1. The molecular formula is C52H28F3N5. The number of halogens is 3. The molecule has 0 saturated carbocycles. The summed E-state index contributed by atoms with van der Waals surface area (Å²) >= 11 is 0. The van der Waals surface area contributed by atoms with Gasteiger partial charge in [0.05, 0.1) is 50.6 Å². The number of alkyl halides is 3. The van der Waals surface area contributed by atoms with Crippen LogP contribution in [0.25, 0.3) is 99.0 Å². The molecule has 11 aromatic rings. The summed E-state index contributed by atoms with van der Waals surface area (Å²) in [5, 5.41) is 28.0. The summed E-state index contributed by atoms with van der Waals surface area (Å²) in [6, 6.07) is 53.0. The van der Waals surface area contributed by atoms with Gasteiger partial charge in [-0.2, -0.15) is 23.7 Å². The van der Waals surface area contributed by atoms with Gasteiger partial charge in [0.1, 0.15) is 11.6 Å². The summed E-state index contributed by atoms with van der Waals surface area (Å²) in [5.41, 5.74) is 11.3. The smallest absolute Gasteiger partial charge is 0.354 e. The van der Waals surface area contributed by atoms with Gasteiger partial charge in [-0.1, -0.05) is 103 Å². The second-order valence-electron chi connectivity index (χ2n) is 15.5. The van der Waals surface area contributed by atoms with Crippen molar-refractivity contribution in [3.63, 3.8) is 0 Å². The summed E-state index contributed by atoms with van der Waals surface area (Å²) in [6.45, 7) is 0. The molecule has 0 unspecified atom stereocenters. The molecule has 3 aromatic heterocycles. The molecule has 0 amide bonds. The molecule has 1 aliphatic rings. The van der Waals surface area contributed by atoms with Gasteiger partial charge < -0.3 is 14.1 Å². The Morgan fingerprint density at radius 3 is 1.88 bits per heavy atom. The molecular weight excluding hydrogens is 752 g/mol. The number of nitriles is 2. The first-order chi connectivity index (χ1) is 29.3. The Hall–Kier alpha value is -8.07. The number of rotatable bonds is 3. The lowest BCUT2D eigenvalue weighted by atomic mass is 9.95. The summed E-state index contributed by atoms with van der Waals surface area (Å²) < 4.78 is 46.6. The second kappa shape index (κ2) is 12.2. The Kier molecular flexibility index (Phi) is 6.93. The van der Waals surface area contributed by atoms with E-state index in [2.05, 4.69) is 80.9 Å². The predicted molar refractivity (Wildman–Crippen MR) is 233 cm³/mol. The fraction of sp³-hybridized carbons (Fsp3) is 0.0385. The van der Waals surface area contributed by atoms with Crippen LogP contribution in [-0.4, -0.2) is 14.1 Å². The quantitative estimate of drug-likeness (QED) is 0.194. The molecule has 0 spiro atoms.